The minimum atomic E-state index is -0.440. The molecule has 0 aromatic heterocycles. The number of hydrogen-bond acceptors (Lipinski definition) is 3. The monoisotopic (exact) mass is 261 g/mol. The van der Waals surface area contributed by atoms with Crippen LogP contribution in [0.15, 0.2) is 18.2 Å². The van der Waals surface area contributed by atoms with Gasteiger partial charge < -0.3 is 10.2 Å². The summed E-state index contributed by atoms with van der Waals surface area (Å²) >= 11 is 0. The van der Waals surface area contributed by atoms with Gasteiger partial charge in [0.05, 0.1) is 5.69 Å². The molecule has 2 rings (SSSR count). The number of nitriles is 1. The zero-order valence-electron chi connectivity index (χ0n) is 11.5. The van der Waals surface area contributed by atoms with Crippen LogP contribution in [0.3, 0.4) is 0 Å². The third-order valence-electron chi connectivity index (χ3n) is 3.62. The Morgan fingerprint density at radius 1 is 1.53 bits per heavy atom. The second kappa shape index (κ2) is 6.03. The smallest absolute Gasteiger partial charge is 0.143 e. The van der Waals surface area contributed by atoms with Crippen LogP contribution in [-0.4, -0.2) is 25.2 Å². The minimum absolute atomic E-state index is 0.147. The highest BCUT2D eigenvalue weighted by Gasteiger charge is 2.22. The van der Waals surface area contributed by atoms with Gasteiger partial charge >= 0.3 is 0 Å². The Kier molecular flexibility index (Phi) is 4.39. The Hall–Kier alpha value is -1.60. The molecule has 4 heteroatoms. The van der Waals surface area contributed by atoms with E-state index in [1.165, 1.54) is 12.5 Å². The van der Waals surface area contributed by atoms with Gasteiger partial charge in [-0.15, -0.1) is 0 Å². The molecule has 1 aromatic carbocycles. The van der Waals surface area contributed by atoms with Crippen LogP contribution in [0.4, 0.5) is 10.1 Å². The largest absolute Gasteiger partial charge is 0.366 e. The van der Waals surface area contributed by atoms with Crippen LogP contribution in [0.5, 0.6) is 0 Å². The summed E-state index contributed by atoms with van der Waals surface area (Å²) in [5.74, 6) is -0.440. The first-order chi connectivity index (χ1) is 9.13. The molecule has 1 aliphatic heterocycles. The third kappa shape index (κ3) is 3.05. The van der Waals surface area contributed by atoms with Crippen molar-refractivity contribution < 1.29 is 4.39 Å². The van der Waals surface area contributed by atoms with Crippen LogP contribution in [0.1, 0.15) is 32.3 Å². The third-order valence-corrected chi connectivity index (χ3v) is 3.62. The van der Waals surface area contributed by atoms with Crippen molar-refractivity contribution in [1.82, 2.24) is 5.32 Å². The fourth-order valence-electron chi connectivity index (χ4n) is 2.60. The maximum atomic E-state index is 13.7. The second-order valence-electron chi connectivity index (χ2n) is 5.29. The van der Waals surface area contributed by atoms with Gasteiger partial charge in [0.15, 0.2) is 0 Å². The lowest BCUT2D eigenvalue weighted by Crippen LogP contribution is -2.41. The number of nitrogens with one attached hydrogen (secondary N) is 1. The maximum Gasteiger partial charge on any atom is 0.143 e. The van der Waals surface area contributed by atoms with E-state index in [0.29, 0.717) is 11.7 Å². The van der Waals surface area contributed by atoms with E-state index in [-0.39, 0.29) is 11.6 Å². The molecule has 1 atom stereocenters. The summed E-state index contributed by atoms with van der Waals surface area (Å²) in [5.41, 5.74) is 0.848. The molecule has 0 bridgehead atoms. The van der Waals surface area contributed by atoms with E-state index in [9.17, 15) is 4.39 Å². The predicted octanol–water partition coefficient (Wildman–Crippen LogP) is 2.66. The topological polar surface area (TPSA) is 39.1 Å². The number of halogens is 1. The highest BCUT2D eigenvalue weighted by atomic mass is 19.1. The lowest BCUT2D eigenvalue weighted by Gasteiger charge is -2.32. The van der Waals surface area contributed by atoms with Crippen LogP contribution < -0.4 is 10.2 Å². The van der Waals surface area contributed by atoms with Crippen LogP contribution in [0, 0.1) is 17.1 Å². The van der Waals surface area contributed by atoms with Crippen molar-refractivity contribution in [3.63, 3.8) is 0 Å². The molecular formula is C15H20FN3. The molecule has 1 heterocycles. The molecule has 0 aliphatic carbocycles. The van der Waals surface area contributed by atoms with E-state index in [4.69, 9.17) is 5.26 Å². The molecule has 1 N–H and O–H groups in total. The Morgan fingerprint density at radius 2 is 2.32 bits per heavy atom. The Bertz CT molecular complexity index is 473. The van der Waals surface area contributed by atoms with Gasteiger partial charge in [-0.2, -0.15) is 5.26 Å². The number of hydrogen-bond donors (Lipinski definition) is 1. The van der Waals surface area contributed by atoms with Crippen molar-refractivity contribution in [3.8, 4) is 6.07 Å². The minimum Gasteiger partial charge on any atom is -0.366 e. The molecular weight excluding hydrogens is 241 g/mol. The quantitative estimate of drug-likeness (QED) is 0.905. The summed E-state index contributed by atoms with van der Waals surface area (Å²) in [7, 11) is 0. The molecule has 0 spiro atoms. The van der Waals surface area contributed by atoms with Crippen molar-refractivity contribution in [1.29, 1.82) is 5.26 Å². The molecule has 3 nitrogen and oxygen atoms in total. The van der Waals surface area contributed by atoms with Gasteiger partial charge in [0.2, 0.25) is 0 Å². The van der Waals surface area contributed by atoms with Gasteiger partial charge in [0, 0.05) is 18.6 Å². The molecule has 1 fully saturated rings. The SMILES string of the molecule is CC(C)N(CC1CCCN1)c1cccc(F)c1C#N. The molecule has 1 unspecified atom stereocenters. The van der Waals surface area contributed by atoms with E-state index in [1.54, 1.807) is 6.07 Å². The van der Waals surface area contributed by atoms with Gasteiger partial charge in [-0.3, -0.25) is 0 Å². The van der Waals surface area contributed by atoms with Crippen LogP contribution in [0.25, 0.3) is 0 Å². The summed E-state index contributed by atoms with van der Waals surface area (Å²) < 4.78 is 13.7. The summed E-state index contributed by atoms with van der Waals surface area (Å²) in [6, 6.07) is 7.49. The van der Waals surface area contributed by atoms with E-state index in [1.807, 2.05) is 12.1 Å². The normalized spacial score (nSPS) is 18.6. The summed E-state index contributed by atoms with van der Waals surface area (Å²) in [4.78, 5) is 2.12. The number of benzene rings is 1. The lowest BCUT2D eigenvalue weighted by atomic mass is 10.1. The molecule has 0 radical (unpaired) electrons. The van der Waals surface area contributed by atoms with Gasteiger partial charge in [-0.25, -0.2) is 4.39 Å². The summed E-state index contributed by atoms with van der Waals surface area (Å²) in [5, 5.41) is 12.6. The average Bonchev–Trinajstić information content (AvgIpc) is 2.88. The van der Waals surface area contributed by atoms with Gasteiger partial charge in [0.1, 0.15) is 17.4 Å². The van der Waals surface area contributed by atoms with E-state index in [2.05, 4.69) is 24.1 Å². The van der Waals surface area contributed by atoms with Crippen LogP contribution in [-0.2, 0) is 0 Å². The zero-order chi connectivity index (χ0) is 13.8. The maximum absolute atomic E-state index is 13.7. The molecule has 19 heavy (non-hydrogen) atoms. The van der Waals surface area contributed by atoms with E-state index >= 15 is 0 Å². The van der Waals surface area contributed by atoms with Crippen LogP contribution in [0.2, 0.25) is 0 Å². The molecule has 1 aromatic rings. The Balaban J connectivity index is 2.28. The molecule has 0 saturated carbocycles. The second-order valence-corrected chi connectivity index (χ2v) is 5.29. The number of anilines is 1. The Labute approximate surface area is 114 Å². The van der Waals surface area contributed by atoms with Crippen molar-refractivity contribution in [3.05, 3.63) is 29.6 Å². The van der Waals surface area contributed by atoms with E-state index in [0.717, 1.165) is 19.5 Å². The highest BCUT2D eigenvalue weighted by molar-refractivity contribution is 5.60. The van der Waals surface area contributed by atoms with Crippen molar-refractivity contribution >= 4 is 5.69 Å². The summed E-state index contributed by atoms with van der Waals surface area (Å²) in [6.45, 7) is 6.00. The van der Waals surface area contributed by atoms with E-state index < -0.39 is 5.82 Å². The average molecular weight is 261 g/mol. The zero-order valence-corrected chi connectivity index (χ0v) is 11.5. The van der Waals surface area contributed by atoms with Crippen molar-refractivity contribution in [2.45, 2.75) is 38.8 Å². The first kappa shape index (κ1) is 13.8. The fourth-order valence-corrected chi connectivity index (χ4v) is 2.60. The standard InChI is InChI=1S/C15H20FN3/c1-11(2)19(10-12-5-4-8-18-12)15-7-3-6-14(16)13(15)9-17/h3,6-7,11-12,18H,4-5,8,10H2,1-2H3. The van der Waals surface area contributed by atoms with Gasteiger partial charge in [0.25, 0.3) is 0 Å². The first-order valence-corrected chi connectivity index (χ1v) is 6.82. The molecule has 1 aliphatic rings. The summed E-state index contributed by atoms with van der Waals surface area (Å²) in [6.07, 6.45) is 2.32. The molecule has 102 valence electrons. The van der Waals surface area contributed by atoms with Gasteiger partial charge in [-0.05, 0) is 45.4 Å². The van der Waals surface area contributed by atoms with Gasteiger partial charge in [-0.1, -0.05) is 6.07 Å². The number of rotatable bonds is 4. The lowest BCUT2D eigenvalue weighted by molar-refractivity contribution is 0.550. The fraction of sp³-hybridized carbons (Fsp3) is 0.533. The molecule has 0 amide bonds. The highest BCUT2D eigenvalue weighted by Crippen LogP contribution is 2.25. The van der Waals surface area contributed by atoms with Crippen LogP contribution >= 0.6 is 0 Å². The number of nitrogens with zero attached hydrogens (tertiary/aromatic N) is 2. The Morgan fingerprint density at radius 3 is 2.89 bits per heavy atom. The van der Waals surface area contributed by atoms with Crippen molar-refractivity contribution in [2.24, 2.45) is 0 Å². The van der Waals surface area contributed by atoms with Crippen molar-refractivity contribution in [2.75, 3.05) is 18.0 Å². The predicted molar refractivity (Wildman–Crippen MR) is 74.6 cm³/mol. The molecule has 1 saturated heterocycles. The first-order valence-electron chi connectivity index (χ1n) is 6.82.